The smallest absolute Gasteiger partial charge is 0.308 e. The zero-order valence-electron chi connectivity index (χ0n) is 19.6. The van der Waals surface area contributed by atoms with E-state index in [4.69, 9.17) is 0 Å². The molecule has 190 valence electrons. The van der Waals surface area contributed by atoms with E-state index >= 15 is 0 Å². The van der Waals surface area contributed by atoms with Crippen LogP contribution in [0.3, 0.4) is 0 Å². The van der Waals surface area contributed by atoms with E-state index in [1.54, 1.807) is 42.7 Å². The van der Waals surface area contributed by atoms with Crippen LogP contribution in [0, 0.1) is 11.7 Å². The van der Waals surface area contributed by atoms with Crippen LogP contribution in [0.1, 0.15) is 16.4 Å². The number of pyridine rings is 1. The molecular formula is C27H19FN4O4S2. The lowest BCUT2D eigenvalue weighted by Crippen LogP contribution is -2.33. The molecule has 4 heterocycles. The van der Waals surface area contributed by atoms with Gasteiger partial charge in [-0.05, 0) is 48.0 Å². The second-order valence-corrected chi connectivity index (χ2v) is 11.0. The third-order valence-electron chi connectivity index (χ3n) is 6.54. The van der Waals surface area contributed by atoms with E-state index in [1.165, 1.54) is 28.8 Å². The molecule has 0 radical (unpaired) electrons. The van der Waals surface area contributed by atoms with E-state index in [0.717, 1.165) is 28.0 Å². The number of anilines is 2. The summed E-state index contributed by atoms with van der Waals surface area (Å²) in [6.45, 7) is -0.243. The number of carbonyl (C=O) groups excluding carboxylic acids is 3. The first-order valence-electron chi connectivity index (χ1n) is 11.7. The van der Waals surface area contributed by atoms with E-state index in [-0.39, 0.29) is 23.0 Å². The Morgan fingerprint density at radius 1 is 0.974 bits per heavy atom. The van der Waals surface area contributed by atoms with Crippen LogP contribution >= 0.6 is 23.1 Å². The number of para-hydroxylation sites is 1. The molecule has 8 nitrogen and oxygen atoms in total. The van der Waals surface area contributed by atoms with Gasteiger partial charge >= 0.3 is 4.87 Å². The number of amides is 3. The van der Waals surface area contributed by atoms with Gasteiger partial charge in [-0.25, -0.2) is 9.29 Å². The minimum absolute atomic E-state index is 0.243. The topological polar surface area (TPSA) is 101 Å². The molecule has 0 bridgehead atoms. The summed E-state index contributed by atoms with van der Waals surface area (Å²) in [6.07, 6.45) is 3.23. The van der Waals surface area contributed by atoms with Gasteiger partial charge in [0.15, 0.2) is 0 Å². The molecule has 3 amide bonds. The molecular weight excluding hydrogens is 527 g/mol. The van der Waals surface area contributed by atoms with Crippen LogP contribution in [0.4, 0.5) is 15.8 Å². The number of nitrogens with zero attached hydrogens (tertiary/aromatic N) is 3. The number of imide groups is 1. The van der Waals surface area contributed by atoms with E-state index in [1.807, 2.05) is 12.1 Å². The minimum atomic E-state index is -0.831. The largest absolute Gasteiger partial charge is 0.325 e. The Morgan fingerprint density at radius 3 is 2.45 bits per heavy atom. The molecule has 6 rings (SSSR count). The Bertz CT molecular complexity index is 1610. The Balaban J connectivity index is 1.41. The number of hydrogen-bond donors (Lipinski definition) is 1. The van der Waals surface area contributed by atoms with Crippen LogP contribution in [0.5, 0.6) is 0 Å². The highest BCUT2D eigenvalue weighted by molar-refractivity contribution is 8.00. The van der Waals surface area contributed by atoms with Crippen molar-refractivity contribution in [1.29, 1.82) is 0 Å². The van der Waals surface area contributed by atoms with Crippen LogP contribution < -0.4 is 15.1 Å². The van der Waals surface area contributed by atoms with E-state index < -0.39 is 34.7 Å². The van der Waals surface area contributed by atoms with Gasteiger partial charge in [0.1, 0.15) is 17.6 Å². The lowest BCUT2D eigenvalue weighted by Gasteiger charge is -2.30. The van der Waals surface area contributed by atoms with Gasteiger partial charge in [0.25, 0.3) is 0 Å². The predicted octanol–water partition coefficient (Wildman–Crippen LogP) is 3.88. The van der Waals surface area contributed by atoms with Crippen molar-refractivity contribution in [3.63, 3.8) is 0 Å². The summed E-state index contributed by atoms with van der Waals surface area (Å²) in [7, 11) is 0. The van der Waals surface area contributed by atoms with Gasteiger partial charge in [-0.2, -0.15) is 0 Å². The summed E-state index contributed by atoms with van der Waals surface area (Å²) in [5, 5.41) is 2.43. The number of thiazole rings is 1. The van der Waals surface area contributed by atoms with E-state index in [0.29, 0.717) is 21.2 Å². The molecule has 0 saturated carbocycles. The van der Waals surface area contributed by atoms with Crippen molar-refractivity contribution in [3.8, 4) is 0 Å². The number of nitrogens with one attached hydrogen (secondary N) is 1. The lowest BCUT2D eigenvalue weighted by atomic mass is 9.84. The second-order valence-electron chi connectivity index (χ2n) is 8.85. The number of halogens is 1. The molecule has 1 fully saturated rings. The first-order valence-corrected chi connectivity index (χ1v) is 13.4. The second kappa shape index (κ2) is 9.66. The maximum Gasteiger partial charge on any atom is 0.308 e. The maximum absolute atomic E-state index is 13.7. The van der Waals surface area contributed by atoms with Gasteiger partial charge in [-0.3, -0.25) is 28.7 Å². The van der Waals surface area contributed by atoms with Crippen molar-refractivity contribution in [2.45, 2.75) is 22.7 Å². The first kappa shape index (κ1) is 24.3. The van der Waals surface area contributed by atoms with Crippen molar-refractivity contribution in [3.05, 3.63) is 105 Å². The third-order valence-corrected chi connectivity index (χ3v) is 9.14. The fourth-order valence-electron chi connectivity index (χ4n) is 4.88. The van der Waals surface area contributed by atoms with Gasteiger partial charge in [-0.15, -0.1) is 0 Å². The fourth-order valence-corrected chi connectivity index (χ4v) is 7.66. The first-order chi connectivity index (χ1) is 18.4. The SMILES string of the molecule is O=C(Cn1c2c(sc1=O)C(c1cccnc1)C1C(=O)N(c3ccc(F)cc3)C(=O)C1S2)Nc1ccccc1. The quantitative estimate of drug-likeness (QED) is 0.382. The Kier molecular flexibility index (Phi) is 6.16. The molecule has 0 spiro atoms. The monoisotopic (exact) mass is 546 g/mol. The zero-order valence-corrected chi connectivity index (χ0v) is 21.2. The Morgan fingerprint density at radius 2 is 1.74 bits per heavy atom. The van der Waals surface area contributed by atoms with Gasteiger partial charge < -0.3 is 5.32 Å². The lowest BCUT2D eigenvalue weighted by molar-refractivity contribution is -0.122. The molecule has 2 aromatic heterocycles. The molecule has 2 aromatic carbocycles. The fraction of sp³-hybridized carbons (Fsp3) is 0.148. The minimum Gasteiger partial charge on any atom is -0.325 e. The average Bonchev–Trinajstić information content (AvgIpc) is 3.36. The van der Waals surface area contributed by atoms with Gasteiger partial charge in [0.2, 0.25) is 17.7 Å². The zero-order chi connectivity index (χ0) is 26.4. The van der Waals surface area contributed by atoms with E-state index in [9.17, 15) is 23.6 Å². The van der Waals surface area contributed by atoms with Crippen LogP contribution in [-0.4, -0.2) is 32.5 Å². The van der Waals surface area contributed by atoms with Crippen LogP contribution in [0.25, 0.3) is 0 Å². The highest BCUT2D eigenvalue weighted by Gasteiger charge is 2.56. The molecule has 3 unspecified atom stereocenters. The van der Waals surface area contributed by atoms with Gasteiger partial charge in [-0.1, -0.05) is 47.4 Å². The van der Waals surface area contributed by atoms with E-state index in [2.05, 4.69) is 10.3 Å². The molecule has 2 aliphatic rings. The summed E-state index contributed by atoms with van der Waals surface area (Å²) in [5.74, 6) is -3.14. The standard InChI is InChI=1S/C27H19FN4O4S2/c28-16-8-10-18(11-9-16)32-24(34)21-20(15-5-4-12-29-13-15)23-26(37-22(21)25(32)35)31(27(36)38-23)14-19(33)30-17-6-2-1-3-7-17/h1-13,20-22H,14H2,(H,30,33). The molecule has 1 N–H and O–H groups in total. The molecule has 38 heavy (non-hydrogen) atoms. The van der Waals surface area contributed by atoms with Crippen molar-refractivity contribution < 1.29 is 18.8 Å². The summed E-state index contributed by atoms with van der Waals surface area (Å²) in [4.78, 5) is 58.9. The van der Waals surface area contributed by atoms with Crippen molar-refractivity contribution >= 4 is 52.2 Å². The number of benzene rings is 2. The summed E-state index contributed by atoms with van der Waals surface area (Å²) >= 11 is 2.09. The summed E-state index contributed by atoms with van der Waals surface area (Å²) < 4.78 is 14.9. The molecule has 0 aliphatic carbocycles. The van der Waals surface area contributed by atoms with Crippen molar-refractivity contribution in [2.75, 3.05) is 10.2 Å². The number of hydrogen-bond acceptors (Lipinski definition) is 7. The highest BCUT2D eigenvalue weighted by Crippen LogP contribution is 2.53. The van der Waals surface area contributed by atoms with Crippen LogP contribution in [0.2, 0.25) is 0 Å². The number of aromatic nitrogens is 2. The van der Waals surface area contributed by atoms with Gasteiger partial charge in [0, 0.05) is 28.9 Å². The molecule has 1 saturated heterocycles. The predicted molar refractivity (Wildman–Crippen MR) is 142 cm³/mol. The number of fused-ring (bicyclic) bond motifs is 2. The molecule has 4 aromatic rings. The average molecular weight is 547 g/mol. The van der Waals surface area contributed by atoms with Crippen molar-refractivity contribution in [2.24, 2.45) is 5.92 Å². The number of rotatable bonds is 5. The summed E-state index contributed by atoms with van der Waals surface area (Å²) in [6, 6.07) is 17.6. The summed E-state index contributed by atoms with van der Waals surface area (Å²) in [5.41, 5.74) is 1.57. The van der Waals surface area contributed by atoms with Crippen LogP contribution in [-0.2, 0) is 20.9 Å². The van der Waals surface area contributed by atoms with Crippen LogP contribution in [0.15, 0.2) is 88.9 Å². The van der Waals surface area contributed by atoms with Crippen molar-refractivity contribution in [1.82, 2.24) is 9.55 Å². The number of carbonyl (C=O) groups is 3. The number of thioether (sulfide) groups is 1. The normalized spacial score (nSPS) is 20.2. The highest BCUT2D eigenvalue weighted by atomic mass is 32.2. The Hall–Kier alpha value is -4.09. The molecule has 3 atom stereocenters. The maximum atomic E-state index is 13.7. The molecule has 11 heteroatoms. The third kappa shape index (κ3) is 4.13. The Labute approximate surface area is 224 Å². The molecule has 2 aliphatic heterocycles. The van der Waals surface area contributed by atoms with Gasteiger partial charge in [0.05, 0.1) is 16.6 Å².